The summed E-state index contributed by atoms with van der Waals surface area (Å²) in [5, 5.41) is 0. The van der Waals surface area contributed by atoms with Crippen LogP contribution in [0.4, 0.5) is 0 Å². The number of rotatable bonds is 4. The summed E-state index contributed by atoms with van der Waals surface area (Å²) in [4.78, 5) is 2.55. The maximum Gasteiger partial charge on any atom is 0.0278 e. The Labute approximate surface area is 92.6 Å². The number of hydrogen-bond donors (Lipinski definition) is 1. The maximum absolute atomic E-state index is 6.33. The lowest BCUT2D eigenvalue weighted by molar-refractivity contribution is 0.211. The molecule has 2 N–H and O–H groups in total. The van der Waals surface area contributed by atoms with Crippen molar-refractivity contribution in [2.75, 3.05) is 31.1 Å². The van der Waals surface area contributed by atoms with E-state index >= 15 is 0 Å². The van der Waals surface area contributed by atoms with Crippen LogP contribution in [0.5, 0.6) is 0 Å². The lowest BCUT2D eigenvalue weighted by Crippen LogP contribution is -2.49. The molecule has 0 bridgehead atoms. The Hall–Kier alpha value is 0.270. The summed E-state index contributed by atoms with van der Waals surface area (Å²) < 4.78 is 0. The highest BCUT2D eigenvalue weighted by Crippen LogP contribution is 2.16. The average molecular weight is 216 g/mol. The first kappa shape index (κ1) is 12.3. The van der Waals surface area contributed by atoms with Gasteiger partial charge in [0.2, 0.25) is 0 Å². The molecule has 0 aromatic heterocycles. The van der Waals surface area contributed by atoms with Crippen LogP contribution in [0.25, 0.3) is 0 Å². The Bertz CT molecular complexity index is 149. The number of hydrogen-bond acceptors (Lipinski definition) is 3. The summed E-state index contributed by atoms with van der Waals surface area (Å²) in [7, 11) is 0. The summed E-state index contributed by atoms with van der Waals surface area (Å²) in [6, 6.07) is 0. The van der Waals surface area contributed by atoms with E-state index in [2.05, 4.69) is 30.5 Å². The quantitative estimate of drug-likeness (QED) is 0.779. The highest BCUT2D eigenvalue weighted by atomic mass is 32.2. The van der Waals surface area contributed by atoms with E-state index in [0.29, 0.717) is 0 Å². The van der Waals surface area contributed by atoms with Crippen molar-refractivity contribution in [3.05, 3.63) is 0 Å². The van der Waals surface area contributed by atoms with Crippen molar-refractivity contribution in [1.82, 2.24) is 4.90 Å². The SMILES string of the molecule is CCC(N)(CC)CN1CCCSCC1. The fourth-order valence-corrected chi connectivity index (χ4v) is 2.80. The number of nitrogens with two attached hydrogens (primary N) is 1. The van der Waals surface area contributed by atoms with Gasteiger partial charge in [-0.3, -0.25) is 0 Å². The second kappa shape index (κ2) is 5.99. The van der Waals surface area contributed by atoms with E-state index in [1.807, 2.05) is 0 Å². The molecule has 1 saturated heterocycles. The van der Waals surface area contributed by atoms with Crippen molar-refractivity contribution in [1.29, 1.82) is 0 Å². The molecule has 1 aliphatic rings. The van der Waals surface area contributed by atoms with Crippen molar-refractivity contribution in [3.8, 4) is 0 Å². The van der Waals surface area contributed by atoms with Crippen LogP contribution in [-0.2, 0) is 0 Å². The van der Waals surface area contributed by atoms with Gasteiger partial charge in [0.05, 0.1) is 0 Å². The van der Waals surface area contributed by atoms with Crippen LogP contribution in [0.3, 0.4) is 0 Å². The van der Waals surface area contributed by atoms with Crippen molar-refractivity contribution in [2.45, 2.75) is 38.6 Å². The Morgan fingerprint density at radius 1 is 1.21 bits per heavy atom. The molecule has 0 aromatic rings. The molecule has 0 amide bonds. The zero-order valence-electron chi connectivity index (χ0n) is 9.59. The Morgan fingerprint density at radius 2 is 1.93 bits per heavy atom. The molecular formula is C11H24N2S. The average Bonchev–Trinajstić information content (AvgIpc) is 2.46. The minimum Gasteiger partial charge on any atom is -0.324 e. The molecule has 0 spiro atoms. The van der Waals surface area contributed by atoms with Gasteiger partial charge in [-0.05, 0) is 31.6 Å². The fourth-order valence-electron chi connectivity index (χ4n) is 1.87. The molecule has 0 atom stereocenters. The molecule has 14 heavy (non-hydrogen) atoms. The van der Waals surface area contributed by atoms with Gasteiger partial charge in [-0.25, -0.2) is 0 Å². The van der Waals surface area contributed by atoms with E-state index in [9.17, 15) is 0 Å². The van der Waals surface area contributed by atoms with Crippen LogP contribution in [-0.4, -0.2) is 41.6 Å². The van der Waals surface area contributed by atoms with Gasteiger partial charge < -0.3 is 10.6 Å². The minimum atomic E-state index is 0.0506. The molecule has 1 fully saturated rings. The van der Waals surface area contributed by atoms with Crippen molar-refractivity contribution in [2.24, 2.45) is 5.73 Å². The molecule has 0 aliphatic carbocycles. The van der Waals surface area contributed by atoms with E-state index in [0.717, 1.165) is 19.4 Å². The van der Waals surface area contributed by atoms with Gasteiger partial charge in [-0.2, -0.15) is 11.8 Å². The van der Waals surface area contributed by atoms with E-state index < -0.39 is 0 Å². The van der Waals surface area contributed by atoms with Gasteiger partial charge in [-0.1, -0.05) is 13.8 Å². The van der Waals surface area contributed by atoms with Crippen LogP contribution in [0.1, 0.15) is 33.1 Å². The third kappa shape index (κ3) is 3.79. The van der Waals surface area contributed by atoms with Gasteiger partial charge in [0.15, 0.2) is 0 Å². The van der Waals surface area contributed by atoms with Crippen LogP contribution in [0, 0.1) is 0 Å². The van der Waals surface area contributed by atoms with Crippen molar-refractivity contribution >= 4 is 11.8 Å². The first-order chi connectivity index (χ1) is 6.70. The summed E-state index contributed by atoms with van der Waals surface area (Å²) in [5.41, 5.74) is 6.38. The summed E-state index contributed by atoms with van der Waals surface area (Å²) in [6.07, 6.45) is 3.51. The van der Waals surface area contributed by atoms with Gasteiger partial charge in [0.1, 0.15) is 0 Å². The molecule has 0 aromatic carbocycles. The topological polar surface area (TPSA) is 29.3 Å². The highest BCUT2D eigenvalue weighted by Gasteiger charge is 2.24. The van der Waals surface area contributed by atoms with E-state index in [4.69, 9.17) is 5.73 Å². The Balaban J connectivity index is 2.39. The van der Waals surface area contributed by atoms with Gasteiger partial charge in [0, 0.05) is 24.4 Å². The third-order valence-corrected chi connectivity index (χ3v) is 4.31. The largest absolute Gasteiger partial charge is 0.324 e. The van der Waals surface area contributed by atoms with Crippen molar-refractivity contribution in [3.63, 3.8) is 0 Å². The molecule has 1 aliphatic heterocycles. The molecule has 1 heterocycles. The molecule has 84 valence electrons. The number of thioether (sulfide) groups is 1. The third-order valence-electron chi connectivity index (χ3n) is 3.26. The van der Waals surface area contributed by atoms with Crippen LogP contribution in [0.15, 0.2) is 0 Å². The molecule has 3 heteroatoms. The van der Waals surface area contributed by atoms with E-state index in [1.165, 1.54) is 31.0 Å². The van der Waals surface area contributed by atoms with Gasteiger partial charge in [0.25, 0.3) is 0 Å². The highest BCUT2D eigenvalue weighted by molar-refractivity contribution is 7.99. The minimum absolute atomic E-state index is 0.0506. The van der Waals surface area contributed by atoms with Gasteiger partial charge in [-0.15, -0.1) is 0 Å². The predicted octanol–water partition coefficient (Wildman–Crippen LogP) is 1.94. The molecule has 0 radical (unpaired) electrons. The smallest absolute Gasteiger partial charge is 0.0278 e. The maximum atomic E-state index is 6.33. The fraction of sp³-hybridized carbons (Fsp3) is 1.00. The summed E-state index contributed by atoms with van der Waals surface area (Å²) in [6.45, 7) is 7.96. The summed E-state index contributed by atoms with van der Waals surface area (Å²) in [5.74, 6) is 2.61. The first-order valence-electron chi connectivity index (χ1n) is 5.79. The molecule has 0 unspecified atom stereocenters. The van der Waals surface area contributed by atoms with E-state index in [-0.39, 0.29) is 5.54 Å². The molecule has 1 rings (SSSR count). The van der Waals surface area contributed by atoms with Crippen molar-refractivity contribution < 1.29 is 0 Å². The summed E-state index contributed by atoms with van der Waals surface area (Å²) >= 11 is 2.08. The van der Waals surface area contributed by atoms with Crippen LogP contribution in [0.2, 0.25) is 0 Å². The molecular weight excluding hydrogens is 192 g/mol. The lowest BCUT2D eigenvalue weighted by atomic mass is 9.93. The molecule has 2 nitrogen and oxygen atoms in total. The monoisotopic (exact) mass is 216 g/mol. The normalized spacial score (nSPS) is 20.8. The van der Waals surface area contributed by atoms with Crippen LogP contribution >= 0.6 is 11.8 Å². The molecule has 0 saturated carbocycles. The second-order valence-electron chi connectivity index (χ2n) is 4.31. The Morgan fingerprint density at radius 3 is 2.57 bits per heavy atom. The van der Waals surface area contributed by atoms with E-state index in [1.54, 1.807) is 0 Å². The second-order valence-corrected chi connectivity index (χ2v) is 5.54. The zero-order chi connectivity index (χ0) is 10.4. The first-order valence-corrected chi connectivity index (χ1v) is 6.94. The standard InChI is InChI=1S/C11H24N2S/c1-3-11(12,4-2)10-13-6-5-8-14-9-7-13/h3-10,12H2,1-2H3. The predicted molar refractivity (Wildman–Crippen MR) is 65.9 cm³/mol. The van der Waals surface area contributed by atoms with Gasteiger partial charge >= 0.3 is 0 Å². The number of nitrogens with zero attached hydrogens (tertiary/aromatic N) is 1. The zero-order valence-corrected chi connectivity index (χ0v) is 10.4. The van der Waals surface area contributed by atoms with Crippen LogP contribution < -0.4 is 5.73 Å². The Kier molecular flexibility index (Phi) is 5.28. The lowest BCUT2D eigenvalue weighted by Gasteiger charge is -2.33.